The maximum Gasteiger partial charge on any atom is 0.137 e. The van der Waals surface area contributed by atoms with Crippen LogP contribution in [-0.2, 0) is 0 Å². The number of ether oxygens (including phenoxy) is 1. The monoisotopic (exact) mass is 244 g/mol. The number of methoxy groups -OCH3 is 1. The van der Waals surface area contributed by atoms with E-state index in [2.05, 4.69) is 15.4 Å². The van der Waals surface area contributed by atoms with Crippen molar-refractivity contribution in [2.75, 3.05) is 7.11 Å². The first kappa shape index (κ1) is 12.5. The predicted octanol–water partition coefficient (Wildman–Crippen LogP) is 1.35. The number of hydrazine groups is 1. The van der Waals surface area contributed by atoms with E-state index in [1.165, 1.54) is 0 Å². The van der Waals surface area contributed by atoms with Crippen molar-refractivity contribution in [3.63, 3.8) is 0 Å². The maximum atomic E-state index is 5.62. The summed E-state index contributed by atoms with van der Waals surface area (Å²) in [6.07, 6.45) is 5.17. The second-order valence-electron chi connectivity index (χ2n) is 4.02. The second-order valence-corrected chi connectivity index (χ2v) is 4.02. The van der Waals surface area contributed by atoms with Gasteiger partial charge in [-0.1, -0.05) is 0 Å². The highest BCUT2D eigenvalue weighted by Gasteiger charge is 2.14. The number of nitrogens with two attached hydrogens (primary N) is 1. The van der Waals surface area contributed by atoms with Crippen LogP contribution in [0.4, 0.5) is 0 Å². The Hall–Kier alpha value is -1.98. The third-order valence-corrected chi connectivity index (χ3v) is 2.70. The summed E-state index contributed by atoms with van der Waals surface area (Å²) < 4.78 is 5.16. The largest absolute Gasteiger partial charge is 0.495 e. The number of nitrogens with zero attached hydrogens (tertiary/aromatic N) is 2. The average molecular weight is 244 g/mol. The van der Waals surface area contributed by atoms with Crippen LogP contribution in [0.3, 0.4) is 0 Å². The summed E-state index contributed by atoms with van der Waals surface area (Å²) >= 11 is 0. The molecule has 3 N–H and O–H groups in total. The first-order valence-electron chi connectivity index (χ1n) is 5.62. The maximum absolute atomic E-state index is 5.62. The summed E-state index contributed by atoms with van der Waals surface area (Å²) in [6.45, 7) is 2.02. The van der Waals surface area contributed by atoms with Crippen LogP contribution in [0.1, 0.15) is 22.9 Å². The first-order valence-corrected chi connectivity index (χ1v) is 5.62. The minimum Gasteiger partial charge on any atom is -0.495 e. The summed E-state index contributed by atoms with van der Waals surface area (Å²) in [6, 6.07) is 5.62. The van der Waals surface area contributed by atoms with Gasteiger partial charge in [-0.25, -0.2) is 5.43 Å². The molecule has 5 heteroatoms. The van der Waals surface area contributed by atoms with Crippen LogP contribution in [0.2, 0.25) is 0 Å². The molecule has 0 saturated heterocycles. The van der Waals surface area contributed by atoms with Gasteiger partial charge in [0.1, 0.15) is 5.75 Å². The molecular formula is C13H16N4O. The molecule has 0 fully saturated rings. The Labute approximate surface area is 106 Å². The molecule has 0 aliphatic heterocycles. The Morgan fingerprint density at radius 1 is 1.33 bits per heavy atom. The Bertz CT molecular complexity index is 530. The standard InChI is InChI=1S/C13H16N4O/c1-9-3-4-16-12(5-9)13(17-14)10-6-11(18-2)8-15-7-10/h3-8,13,17H,14H2,1-2H3. The van der Waals surface area contributed by atoms with Crippen molar-refractivity contribution in [2.45, 2.75) is 13.0 Å². The molecule has 0 aliphatic rings. The smallest absolute Gasteiger partial charge is 0.137 e. The zero-order chi connectivity index (χ0) is 13.0. The van der Waals surface area contributed by atoms with E-state index in [4.69, 9.17) is 10.6 Å². The van der Waals surface area contributed by atoms with Crippen LogP contribution >= 0.6 is 0 Å². The molecule has 2 aromatic heterocycles. The molecule has 0 spiro atoms. The van der Waals surface area contributed by atoms with Gasteiger partial charge in [0.05, 0.1) is 25.0 Å². The van der Waals surface area contributed by atoms with Gasteiger partial charge in [0, 0.05) is 12.4 Å². The Morgan fingerprint density at radius 3 is 2.83 bits per heavy atom. The molecule has 0 aliphatic carbocycles. The Kier molecular flexibility index (Phi) is 3.86. The van der Waals surface area contributed by atoms with E-state index in [9.17, 15) is 0 Å². The molecule has 0 amide bonds. The molecule has 0 bridgehead atoms. The van der Waals surface area contributed by atoms with Crippen LogP contribution in [0, 0.1) is 6.92 Å². The number of hydrogen-bond donors (Lipinski definition) is 2. The number of aromatic nitrogens is 2. The summed E-state index contributed by atoms with van der Waals surface area (Å²) in [5.74, 6) is 6.31. The lowest BCUT2D eigenvalue weighted by atomic mass is 10.0. The molecule has 1 unspecified atom stereocenters. The highest BCUT2D eigenvalue weighted by molar-refractivity contribution is 5.32. The summed E-state index contributed by atoms with van der Waals surface area (Å²) in [4.78, 5) is 8.46. The predicted molar refractivity (Wildman–Crippen MR) is 68.9 cm³/mol. The van der Waals surface area contributed by atoms with E-state index in [-0.39, 0.29) is 6.04 Å². The highest BCUT2D eigenvalue weighted by atomic mass is 16.5. The fourth-order valence-electron chi connectivity index (χ4n) is 1.77. The zero-order valence-electron chi connectivity index (χ0n) is 10.4. The number of pyridine rings is 2. The topological polar surface area (TPSA) is 73.1 Å². The van der Waals surface area contributed by atoms with Crippen LogP contribution in [-0.4, -0.2) is 17.1 Å². The average Bonchev–Trinajstić information content (AvgIpc) is 2.40. The fraction of sp³-hybridized carbons (Fsp3) is 0.231. The minimum atomic E-state index is -0.201. The van der Waals surface area contributed by atoms with Crippen molar-refractivity contribution in [3.05, 3.63) is 53.6 Å². The van der Waals surface area contributed by atoms with Crippen molar-refractivity contribution in [2.24, 2.45) is 5.84 Å². The lowest BCUT2D eigenvalue weighted by Gasteiger charge is -2.16. The lowest BCUT2D eigenvalue weighted by molar-refractivity contribution is 0.411. The summed E-state index contributed by atoms with van der Waals surface area (Å²) in [5.41, 5.74) is 5.66. The van der Waals surface area contributed by atoms with E-state index in [1.54, 1.807) is 25.7 Å². The minimum absolute atomic E-state index is 0.201. The van der Waals surface area contributed by atoms with Gasteiger partial charge < -0.3 is 4.74 Å². The Morgan fingerprint density at radius 2 is 2.17 bits per heavy atom. The molecule has 0 aromatic carbocycles. The van der Waals surface area contributed by atoms with Gasteiger partial charge in [0.25, 0.3) is 0 Å². The van der Waals surface area contributed by atoms with Gasteiger partial charge >= 0.3 is 0 Å². The summed E-state index contributed by atoms with van der Waals surface area (Å²) in [7, 11) is 1.61. The Balaban J connectivity index is 2.38. The SMILES string of the molecule is COc1cncc(C(NN)c2cc(C)ccn2)c1. The number of nitrogens with one attached hydrogen (secondary N) is 1. The van der Waals surface area contributed by atoms with Crippen molar-refractivity contribution < 1.29 is 4.74 Å². The molecule has 1 atom stereocenters. The third-order valence-electron chi connectivity index (χ3n) is 2.70. The summed E-state index contributed by atoms with van der Waals surface area (Å²) in [5, 5.41) is 0. The zero-order valence-corrected chi connectivity index (χ0v) is 10.4. The van der Waals surface area contributed by atoms with Gasteiger partial charge in [0.15, 0.2) is 0 Å². The van der Waals surface area contributed by atoms with Crippen molar-refractivity contribution >= 4 is 0 Å². The van der Waals surface area contributed by atoms with Gasteiger partial charge in [-0.2, -0.15) is 0 Å². The van der Waals surface area contributed by atoms with Gasteiger partial charge in [-0.15, -0.1) is 0 Å². The van der Waals surface area contributed by atoms with E-state index >= 15 is 0 Å². The van der Waals surface area contributed by atoms with Crippen molar-refractivity contribution in [1.82, 2.24) is 15.4 Å². The molecule has 0 saturated carbocycles. The number of aryl methyl sites for hydroxylation is 1. The van der Waals surface area contributed by atoms with Gasteiger partial charge in [-0.05, 0) is 36.2 Å². The number of hydrogen-bond acceptors (Lipinski definition) is 5. The molecule has 2 heterocycles. The van der Waals surface area contributed by atoms with Crippen molar-refractivity contribution in [1.29, 1.82) is 0 Å². The van der Waals surface area contributed by atoms with Crippen LogP contribution in [0.15, 0.2) is 36.8 Å². The number of rotatable bonds is 4. The highest BCUT2D eigenvalue weighted by Crippen LogP contribution is 2.22. The third kappa shape index (κ3) is 2.64. The molecule has 94 valence electrons. The van der Waals surface area contributed by atoms with Crippen LogP contribution < -0.4 is 16.0 Å². The van der Waals surface area contributed by atoms with Gasteiger partial charge in [-0.3, -0.25) is 15.8 Å². The van der Waals surface area contributed by atoms with E-state index in [0.29, 0.717) is 5.75 Å². The fourth-order valence-corrected chi connectivity index (χ4v) is 1.77. The molecule has 2 rings (SSSR count). The molecule has 5 nitrogen and oxygen atoms in total. The van der Waals surface area contributed by atoms with Crippen molar-refractivity contribution in [3.8, 4) is 5.75 Å². The van der Waals surface area contributed by atoms with Crippen LogP contribution in [0.25, 0.3) is 0 Å². The van der Waals surface area contributed by atoms with E-state index in [0.717, 1.165) is 16.8 Å². The normalized spacial score (nSPS) is 12.2. The van der Waals surface area contributed by atoms with Crippen LogP contribution in [0.5, 0.6) is 5.75 Å². The second kappa shape index (κ2) is 5.57. The lowest BCUT2D eigenvalue weighted by Crippen LogP contribution is -2.29. The van der Waals surface area contributed by atoms with Gasteiger partial charge in [0.2, 0.25) is 0 Å². The first-order chi connectivity index (χ1) is 8.74. The van der Waals surface area contributed by atoms with E-state index < -0.39 is 0 Å². The van der Waals surface area contributed by atoms with E-state index in [1.807, 2.05) is 25.1 Å². The molecule has 0 radical (unpaired) electrons. The quantitative estimate of drug-likeness (QED) is 0.627. The molecular weight excluding hydrogens is 228 g/mol. The molecule has 2 aromatic rings. The molecule has 18 heavy (non-hydrogen) atoms.